The van der Waals surface area contributed by atoms with Crippen molar-refractivity contribution in [1.82, 2.24) is 5.32 Å². The number of carbonyl (C=O) groups excluding carboxylic acids is 2. The largest absolute Gasteiger partial charge is 0.454 e. The molecule has 1 spiro atoms. The third-order valence-electron chi connectivity index (χ3n) is 18.5. The topological polar surface area (TPSA) is 177 Å². The Bertz CT molecular complexity index is 1990. The van der Waals surface area contributed by atoms with Crippen molar-refractivity contribution >= 4 is 12.3 Å². The first-order valence-electron chi connectivity index (χ1n) is 21.8. The molecule has 57 heavy (non-hydrogen) atoms. The van der Waals surface area contributed by atoms with Crippen LogP contribution in [0.25, 0.3) is 0 Å². The normalized spacial score (nSPS) is 51.6. The highest BCUT2D eigenvalue weighted by Crippen LogP contribution is 2.77. The summed E-state index contributed by atoms with van der Waals surface area (Å²) in [4.78, 5) is 27.5. The van der Waals surface area contributed by atoms with E-state index in [0.717, 1.165) is 35.0 Å². The molecule has 10 aliphatic rings. The van der Waals surface area contributed by atoms with Crippen LogP contribution >= 0.6 is 0 Å². The number of hydrogen-bond donors (Lipinski definition) is 7. The van der Waals surface area contributed by atoms with Crippen LogP contribution in [0.2, 0.25) is 0 Å². The monoisotopic (exact) mass is 781 g/mol. The Morgan fingerprint density at radius 3 is 2.61 bits per heavy atom. The molecule has 11 rings (SSSR count). The molecule has 1 heterocycles. The van der Waals surface area contributed by atoms with Gasteiger partial charge in [-0.15, -0.1) is 0 Å². The van der Waals surface area contributed by atoms with Gasteiger partial charge in [0.05, 0.1) is 29.8 Å². The summed E-state index contributed by atoms with van der Waals surface area (Å²) in [7, 11) is 1.89. The molecular formula is C47H59NO9. The van der Waals surface area contributed by atoms with Crippen molar-refractivity contribution in [1.29, 1.82) is 0 Å². The Hall–Kier alpha value is -2.88. The lowest BCUT2D eigenvalue weighted by atomic mass is 9.35. The van der Waals surface area contributed by atoms with Gasteiger partial charge < -0.3 is 45.5 Å². The minimum absolute atomic E-state index is 0.0439. The number of carbonyl (C=O) groups is 2. The number of nitrogens with one attached hydrogen (secondary N) is 1. The molecule has 9 aliphatic carbocycles. The van der Waals surface area contributed by atoms with Crippen molar-refractivity contribution in [3.05, 3.63) is 58.7 Å². The minimum atomic E-state index is -2.19. The van der Waals surface area contributed by atoms with E-state index < -0.39 is 69.7 Å². The van der Waals surface area contributed by atoms with Gasteiger partial charge in [-0.1, -0.05) is 43.0 Å². The molecule has 0 radical (unpaired) electrons. The Morgan fingerprint density at radius 1 is 1.02 bits per heavy atom. The zero-order chi connectivity index (χ0) is 39.9. The average Bonchev–Trinajstić information content (AvgIpc) is 3.66. The van der Waals surface area contributed by atoms with Gasteiger partial charge in [0.1, 0.15) is 23.6 Å². The molecule has 1 aromatic carbocycles. The highest BCUT2D eigenvalue weighted by molar-refractivity contribution is 5.86. The molecule has 18 unspecified atom stereocenters. The van der Waals surface area contributed by atoms with Gasteiger partial charge in [-0.2, -0.15) is 0 Å². The van der Waals surface area contributed by atoms with E-state index in [0.29, 0.717) is 44.9 Å². The number of rotatable bonds is 3. The first-order valence-corrected chi connectivity index (χ1v) is 21.8. The van der Waals surface area contributed by atoms with Gasteiger partial charge in [-0.25, -0.2) is 4.79 Å². The predicted octanol–water partition coefficient (Wildman–Crippen LogP) is 3.12. The Morgan fingerprint density at radius 2 is 1.84 bits per heavy atom. The number of benzene rings is 1. The fraction of sp³-hybridized carbons (Fsp3) is 0.702. The van der Waals surface area contributed by atoms with Crippen molar-refractivity contribution in [2.24, 2.45) is 64.1 Å². The van der Waals surface area contributed by atoms with E-state index in [-0.39, 0.29) is 73.8 Å². The van der Waals surface area contributed by atoms with Crippen LogP contribution in [0.3, 0.4) is 0 Å². The molecule has 6 saturated carbocycles. The number of allylic oxidation sites excluding steroid dienone is 2. The van der Waals surface area contributed by atoms with Gasteiger partial charge in [0, 0.05) is 53.2 Å². The van der Waals surface area contributed by atoms with Crippen molar-refractivity contribution < 1.29 is 45.0 Å². The molecule has 0 amide bonds. The number of aldehydes is 1. The van der Waals surface area contributed by atoms with Gasteiger partial charge in [0.25, 0.3) is 0 Å². The van der Waals surface area contributed by atoms with Gasteiger partial charge in [-0.05, 0) is 130 Å². The van der Waals surface area contributed by atoms with Gasteiger partial charge in [-0.3, -0.25) is 0 Å². The van der Waals surface area contributed by atoms with E-state index in [4.69, 9.17) is 4.74 Å². The fourth-order valence-electron chi connectivity index (χ4n) is 16.2. The van der Waals surface area contributed by atoms with E-state index in [1.165, 1.54) is 0 Å². The number of hydrogen-bond acceptors (Lipinski definition) is 10. The second-order valence-corrected chi connectivity index (χ2v) is 20.0. The number of fused-ring (bicyclic) bond motifs is 7. The summed E-state index contributed by atoms with van der Waals surface area (Å²) in [6.45, 7) is 2.05. The quantitative estimate of drug-likeness (QED) is 0.104. The maximum atomic E-state index is 14.1. The smallest absolute Gasteiger partial charge is 0.331 e. The number of ether oxygens (including phenoxy) is 1. The second-order valence-electron chi connectivity index (χ2n) is 20.0. The lowest BCUT2D eigenvalue weighted by Crippen LogP contribution is -2.85. The highest BCUT2D eigenvalue weighted by atomic mass is 16.5. The number of aliphatic hydroxyl groups excluding tert-OH is 3. The molecule has 6 fully saturated rings. The standard InChI is InChI=1S/C47H59NO9/c1-25-7-5-10-27-18-34-37(51)12-15-44(24-50)38-13-16-43-14-4-3-8-26-9-6-11-28(23-49)31(26)20-36(48-2)32-17-29(40(43)33-21-39(52)57-41(32)33)22-45(43,54)47(38,56)42(53)35(19-30(25)27)46(34,44)55/h5-6,9-11,21,24-25,27,29-30,32,34-38,40-42,48-49,51,53-56H,4,7,12-20,22-23H2,1-2H3. The molecule has 0 aromatic heterocycles. The van der Waals surface area contributed by atoms with E-state index >= 15 is 0 Å². The van der Waals surface area contributed by atoms with Crippen LogP contribution in [0.4, 0.5) is 0 Å². The van der Waals surface area contributed by atoms with Crippen LogP contribution in [0.15, 0.2) is 42.0 Å². The third-order valence-corrected chi connectivity index (χ3v) is 18.5. The highest BCUT2D eigenvalue weighted by Gasteiger charge is 2.85. The molecule has 1 aromatic rings. The maximum absolute atomic E-state index is 14.1. The van der Waals surface area contributed by atoms with Crippen LogP contribution in [-0.2, 0) is 27.4 Å². The maximum Gasteiger partial charge on any atom is 0.331 e. The van der Waals surface area contributed by atoms with E-state index in [1.54, 1.807) is 6.08 Å². The first kappa shape index (κ1) is 38.3. The molecule has 7 N–H and O–H groups in total. The van der Waals surface area contributed by atoms with Crippen LogP contribution in [-0.4, -0.2) is 91.1 Å². The molecule has 18 atom stereocenters. The van der Waals surface area contributed by atoms with Crippen molar-refractivity contribution in [2.75, 3.05) is 7.05 Å². The minimum Gasteiger partial charge on any atom is -0.454 e. The summed E-state index contributed by atoms with van der Waals surface area (Å²) in [6, 6.07) is 5.60. The lowest BCUT2D eigenvalue weighted by molar-refractivity contribution is -0.375. The number of esters is 1. The molecule has 10 heteroatoms. The summed E-state index contributed by atoms with van der Waals surface area (Å²) >= 11 is 0. The van der Waals surface area contributed by atoms with Crippen molar-refractivity contribution in [3.8, 4) is 11.8 Å². The van der Waals surface area contributed by atoms with Crippen molar-refractivity contribution in [2.45, 2.75) is 132 Å². The second kappa shape index (κ2) is 13.1. The molecular weight excluding hydrogens is 723 g/mol. The van der Waals surface area contributed by atoms with Crippen LogP contribution in [0, 0.1) is 75.9 Å². The van der Waals surface area contributed by atoms with E-state index in [2.05, 4.69) is 36.2 Å². The Balaban J connectivity index is 1.16. The SMILES string of the molecule is CNC1Cc2c(cccc2CO)C#CCCC23CCC4C5(C=O)CCC(O)C6CC7C=CCC(C)C7CC(C(O)C4(O)C2(O)CC2CC1C1OC(=O)C=C1C23)C65O. The summed E-state index contributed by atoms with van der Waals surface area (Å²) in [6.07, 6.45) is 8.60. The van der Waals surface area contributed by atoms with Crippen LogP contribution in [0.1, 0.15) is 94.2 Å². The van der Waals surface area contributed by atoms with Gasteiger partial charge in [0.2, 0.25) is 0 Å². The molecule has 4 bridgehead atoms. The average molecular weight is 782 g/mol. The first-order chi connectivity index (χ1) is 27.3. The fourth-order valence-corrected chi connectivity index (χ4v) is 16.2. The molecule has 1 aliphatic heterocycles. The van der Waals surface area contributed by atoms with Gasteiger partial charge >= 0.3 is 5.97 Å². The van der Waals surface area contributed by atoms with Gasteiger partial charge in [0.15, 0.2) is 0 Å². The molecule has 0 saturated heterocycles. The summed E-state index contributed by atoms with van der Waals surface area (Å²) < 4.78 is 6.20. The zero-order valence-electron chi connectivity index (χ0n) is 33.1. The lowest BCUT2D eigenvalue weighted by Gasteiger charge is -2.73. The summed E-state index contributed by atoms with van der Waals surface area (Å²) in [5, 5.41) is 80.3. The third kappa shape index (κ3) is 4.69. The Kier molecular flexibility index (Phi) is 8.78. The van der Waals surface area contributed by atoms with E-state index in [9.17, 15) is 40.2 Å². The zero-order valence-corrected chi connectivity index (χ0v) is 33.1. The van der Waals surface area contributed by atoms with E-state index in [1.807, 2.05) is 25.2 Å². The Labute approximate surface area is 335 Å². The molecule has 10 nitrogen and oxygen atoms in total. The predicted molar refractivity (Wildman–Crippen MR) is 209 cm³/mol. The van der Waals surface area contributed by atoms with Crippen LogP contribution in [0.5, 0.6) is 0 Å². The molecule has 306 valence electrons. The van der Waals surface area contributed by atoms with Crippen molar-refractivity contribution in [3.63, 3.8) is 0 Å². The summed E-state index contributed by atoms with van der Waals surface area (Å²) in [5.74, 6) is 3.36. The summed E-state index contributed by atoms with van der Waals surface area (Å²) in [5.41, 5.74) is -5.04. The van der Waals surface area contributed by atoms with Crippen LogP contribution < -0.4 is 5.32 Å². The number of likely N-dealkylation sites (N-methyl/N-ethyl adjacent to an activating group) is 1. The number of aliphatic hydroxyl groups is 6.